The molecule has 6 heteroatoms. The van der Waals surface area contributed by atoms with Crippen LogP contribution in [-0.2, 0) is 17.6 Å². The first-order valence-corrected chi connectivity index (χ1v) is 6.60. The van der Waals surface area contributed by atoms with E-state index in [1.807, 2.05) is 24.3 Å². The number of anilines is 1. The normalized spacial score (nSPS) is 17.9. The second-order valence-electron chi connectivity index (χ2n) is 4.75. The Labute approximate surface area is 123 Å². The van der Waals surface area contributed by atoms with E-state index >= 15 is 0 Å². The molecule has 0 bridgehead atoms. The Hall–Kier alpha value is -1.59. The molecule has 2 N–H and O–H groups in total. The van der Waals surface area contributed by atoms with Gasteiger partial charge in [0.2, 0.25) is 11.7 Å². The highest BCUT2D eigenvalue weighted by atomic mass is 35.5. The van der Waals surface area contributed by atoms with E-state index in [2.05, 4.69) is 10.1 Å². The Balaban J connectivity index is 0.00000147. The fourth-order valence-corrected chi connectivity index (χ4v) is 2.29. The Morgan fingerprint density at radius 1 is 1.25 bits per heavy atom. The molecule has 1 saturated heterocycles. The predicted molar refractivity (Wildman–Crippen MR) is 77.7 cm³/mol. The van der Waals surface area contributed by atoms with Crippen molar-refractivity contribution in [2.24, 2.45) is 0 Å². The molecule has 1 unspecified atom stereocenters. The molecule has 0 aliphatic carbocycles. The number of aromatic nitrogens is 2. The number of aryl methyl sites for hydroxylation is 2. The number of para-hydroxylation sites is 1. The third kappa shape index (κ3) is 3.29. The molecule has 0 saturated carbocycles. The smallest absolute Gasteiger partial charge is 0.227 e. The predicted octanol–water partition coefficient (Wildman–Crippen LogP) is 2.71. The Bertz CT molecular complexity index is 553. The van der Waals surface area contributed by atoms with Crippen molar-refractivity contribution in [1.82, 2.24) is 10.1 Å². The summed E-state index contributed by atoms with van der Waals surface area (Å²) >= 11 is 0. The molecule has 2 aromatic rings. The van der Waals surface area contributed by atoms with E-state index in [-0.39, 0.29) is 18.5 Å². The van der Waals surface area contributed by atoms with Crippen molar-refractivity contribution in [3.8, 4) is 0 Å². The topological polar surface area (TPSA) is 74.2 Å². The van der Waals surface area contributed by atoms with Crippen LogP contribution in [-0.4, -0.2) is 16.7 Å². The van der Waals surface area contributed by atoms with Gasteiger partial charge in [-0.25, -0.2) is 0 Å². The largest absolute Gasteiger partial charge is 0.399 e. The quantitative estimate of drug-likeness (QED) is 0.878. The molecule has 1 fully saturated rings. The summed E-state index contributed by atoms with van der Waals surface area (Å²) < 4.78 is 10.8. The van der Waals surface area contributed by atoms with E-state index in [0.717, 1.165) is 37.1 Å². The minimum absolute atomic E-state index is 0. The highest BCUT2D eigenvalue weighted by Crippen LogP contribution is 2.26. The first kappa shape index (κ1) is 14.8. The minimum atomic E-state index is 0. The van der Waals surface area contributed by atoms with E-state index < -0.39 is 0 Å². The molecule has 108 valence electrons. The van der Waals surface area contributed by atoms with E-state index in [9.17, 15) is 0 Å². The van der Waals surface area contributed by atoms with E-state index in [0.29, 0.717) is 18.1 Å². The van der Waals surface area contributed by atoms with Crippen molar-refractivity contribution in [3.63, 3.8) is 0 Å². The maximum absolute atomic E-state index is 5.90. The molecular weight excluding hydrogens is 278 g/mol. The van der Waals surface area contributed by atoms with Gasteiger partial charge in [0, 0.05) is 18.7 Å². The number of rotatable bonds is 4. The zero-order valence-electron chi connectivity index (χ0n) is 11.1. The number of hydrogen-bond acceptors (Lipinski definition) is 5. The first-order valence-electron chi connectivity index (χ1n) is 6.60. The molecule has 1 aromatic carbocycles. The maximum atomic E-state index is 5.90. The van der Waals surface area contributed by atoms with Crippen LogP contribution in [0.2, 0.25) is 0 Å². The summed E-state index contributed by atoms with van der Waals surface area (Å²) in [7, 11) is 0. The van der Waals surface area contributed by atoms with Crippen LogP contribution in [0.15, 0.2) is 28.8 Å². The van der Waals surface area contributed by atoms with Gasteiger partial charge in [0.05, 0.1) is 0 Å². The van der Waals surface area contributed by atoms with Crippen LogP contribution < -0.4 is 5.73 Å². The highest BCUT2D eigenvalue weighted by Gasteiger charge is 2.22. The van der Waals surface area contributed by atoms with Crippen molar-refractivity contribution >= 4 is 18.1 Å². The van der Waals surface area contributed by atoms with Gasteiger partial charge in [0.15, 0.2) is 0 Å². The minimum Gasteiger partial charge on any atom is -0.399 e. The molecule has 1 aliphatic heterocycles. The molecule has 1 atom stereocenters. The summed E-state index contributed by atoms with van der Waals surface area (Å²) in [6.45, 7) is 0.787. The SMILES string of the molecule is Cl.Nc1ccccc1CCc1nc(C2CCCO2)no1. The first-order chi connectivity index (χ1) is 9.33. The van der Waals surface area contributed by atoms with Gasteiger partial charge in [0.1, 0.15) is 6.10 Å². The standard InChI is InChI=1S/C14H17N3O2.ClH/c15-11-5-2-1-4-10(11)7-8-13-16-14(17-19-13)12-6-3-9-18-12;/h1-2,4-5,12H,3,6-9,15H2;1H. The number of benzene rings is 1. The van der Waals surface area contributed by atoms with Crippen molar-refractivity contribution < 1.29 is 9.26 Å². The maximum Gasteiger partial charge on any atom is 0.227 e. The Morgan fingerprint density at radius 3 is 2.85 bits per heavy atom. The molecule has 0 spiro atoms. The number of ether oxygens (including phenoxy) is 1. The van der Waals surface area contributed by atoms with Crippen molar-refractivity contribution in [3.05, 3.63) is 41.5 Å². The van der Waals surface area contributed by atoms with Crippen molar-refractivity contribution in [2.45, 2.75) is 31.8 Å². The molecule has 0 amide bonds. The lowest BCUT2D eigenvalue weighted by atomic mass is 10.1. The Morgan fingerprint density at radius 2 is 2.10 bits per heavy atom. The second kappa shape index (κ2) is 6.72. The Kier molecular flexibility index (Phi) is 4.98. The van der Waals surface area contributed by atoms with Gasteiger partial charge in [-0.1, -0.05) is 23.4 Å². The third-order valence-corrected chi connectivity index (χ3v) is 3.36. The molecular formula is C14H18ClN3O2. The van der Waals surface area contributed by atoms with Gasteiger partial charge >= 0.3 is 0 Å². The summed E-state index contributed by atoms with van der Waals surface area (Å²) in [4.78, 5) is 4.39. The average molecular weight is 296 g/mol. The van der Waals surface area contributed by atoms with Crippen LogP contribution in [0.1, 0.15) is 36.2 Å². The number of nitrogens with two attached hydrogens (primary N) is 1. The zero-order chi connectivity index (χ0) is 13.1. The highest BCUT2D eigenvalue weighted by molar-refractivity contribution is 5.85. The summed E-state index contributed by atoms with van der Waals surface area (Å²) in [5, 5.41) is 3.99. The van der Waals surface area contributed by atoms with Gasteiger partial charge in [-0.05, 0) is 30.9 Å². The molecule has 5 nitrogen and oxygen atoms in total. The molecule has 20 heavy (non-hydrogen) atoms. The lowest BCUT2D eigenvalue weighted by Gasteiger charge is -2.02. The monoisotopic (exact) mass is 295 g/mol. The fourth-order valence-electron chi connectivity index (χ4n) is 2.29. The number of hydrogen-bond donors (Lipinski definition) is 1. The van der Waals surface area contributed by atoms with Gasteiger partial charge in [-0.2, -0.15) is 4.98 Å². The van der Waals surface area contributed by atoms with Crippen LogP contribution in [0.25, 0.3) is 0 Å². The lowest BCUT2D eigenvalue weighted by Crippen LogP contribution is -1.99. The van der Waals surface area contributed by atoms with Gasteiger partial charge in [-0.15, -0.1) is 12.4 Å². The molecule has 1 aromatic heterocycles. The summed E-state index contributed by atoms with van der Waals surface area (Å²) in [6, 6.07) is 7.84. The average Bonchev–Trinajstić information content (AvgIpc) is 3.09. The van der Waals surface area contributed by atoms with E-state index in [1.165, 1.54) is 0 Å². The fraction of sp³-hybridized carbons (Fsp3) is 0.429. The summed E-state index contributed by atoms with van der Waals surface area (Å²) in [5.41, 5.74) is 7.82. The van der Waals surface area contributed by atoms with Gasteiger partial charge in [-0.3, -0.25) is 0 Å². The van der Waals surface area contributed by atoms with Crippen LogP contribution in [0.5, 0.6) is 0 Å². The van der Waals surface area contributed by atoms with Crippen molar-refractivity contribution in [1.29, 1.82) is 0 Å². The molecule has 0 radical (unpaired) electrons. The summed E-state index contributed by atoms with van der Waals surface area (Å²) in [5.74, 6) is 1.32. The van der Waals surface area contributed by atoms with Crippen LogP contribution >= 0.6 is 12.4 Å². The lowest BCUT2D eigenvalue weighted by molar-refractivity contribution is 0.103. The van der Waals surface area contributed by atoms with Crippen LogP contribution in [0.4, 0.5) is 5.69 Å². The van der Waals surface area contributed by atoms with E-state index in [1.54, 1.807) is 0 Å². The number of nitrogen functional groups attached to an aromatic ring is 1. The van der Waals surface area contributed by atoms with E-state index in [4.69, 9.17) is 15.0 Å². The summed E-state index contributed by atoms with van der Waals surface area (Å²) in [6.07, 6.45) is 3.56. The van der Waals surface area contributed by atoms with Crippen molar-refractivity contribution in [2.75, 3.05) is 12.3 Å². The van der Waals surface area contributed by atoms with Gasteiger partial charge in [0.25, 0.3) is 0 Å². The second-order valence-corrected chi connectivity index (χ2v) is 4.75. The van der Waals surface area contributed by atoms with Gasteiger partial charge < -0.3 is 15.0 Å². The molecule has 3 rings (SSSR count). The molecule has 1 aliphatic rings. The zero-order valence-corrected chi connectivity index (χ0v) is 11.9. The van der Waals surface area contributed by atoms with Crippen LogP contribution in [0.3, 0.4) is 0 Å². The number of nitrogens with zero attached hydrogens (tertiary/aromatic N) is 2. The number of halogens is 1. The van der Waals surface area contributed by atoms with Crippen LogP contribution in [0, 0.1) is 0 Å². The third-order valence-electron chi connectivity index (χ3n) is 3.36. The molecule has 2 heterocycles.